The zero-order valence-electron chi connectivity index (χ0n) is 30.1. The molecular weight excluding hydrogens is 744 g/mol. The largest absolute Gasteiger partial charge is 0.478 e. The van der Waals surface area contributed by atoms with Crippen LogP contribution in [0.1, 0.15) is 73.3 Å². The third kappa shape index (κ3) is 8.94. The SMILES string of the molecule is O=C(C=Cc1ccc(Oc2ccc(C(=O)O)c(C(=O)O)c2-c2c(Oc3ccc(C=CC(=O)c4ccccc4)cc3)ccc(C(=O)O)c2C(=O)O)cc1)c1ccccc1. The van der Waals surface area contributed by atoms with E-state index in [1.807, 2.05) is 0 Å². The van der Waals surface area contributed by atoms with E-state index in [9.17, 15) is 49.2 Å². The molecule has 0 unspecified atom stereocenters. The van der Waals surface area contributed by atoms with Gasteiger partial charge in [0.25, 0.3) is 0 Å². The molecule has 6 rings (SSSR count). The monoisotopic (exact) mass is 774 g/mol. The fraction of sp³-hybridized carbons (Fsp3) is 0. The van der Waals surface area contributed by atoms with Crippen molar-refractivity contribution in [3.8, 4) is 34.1 Å². The lowest BCUT2D eigenvalue weighted by Crippen LogP contribution is -2.15. The highest BCUT2D eigenvalue weighted by Crippen LogP contribution is 2.46. The van der Waals surface area contributed by atoms with Crippen LogP contribution >= 0.6 is 0 Å². The van der Waals surface area contributed by atoms with Crippen LogP contribution in [0.2, 0.25) is 0 Å². The van der Waals surface area contributed by atoms with Crippen LogP contribution < -0.4 is 9.47 Å². The molecule has 0 heterocycles. The van der Waals surface area contributed by atoms with Crippen molar-refractivity contribution in [1.82, 2.24) is 0 Å². The number of aromatic carboxylic acids is 4. The molecule has 0 amide bonds. The molecule has 6 aromatic rings. The summed E-state index contributed by atoms with van der Waals surface area (Å²) in [7, 11) is 0. The summed E-state index contributed by atoms with van der Waals surface area (Å²) in [4.78, 5) is 75.7. The lowest BCUT2D eigenvalue weighted by Gasteiger charge is -2.21. The molecule has 0 saturated heterocycles. The first kappa shape index (κ1) is 39.3. The lowest BCUT2D eigenvalue weighted by atomic mass is 9.88. The van der Waals surface area contributed by atoms with Gasteiger partial charge in [-0.15, -0.1) is 0 Å². The Kier molecular flexibility index (Phi) is 11.8. The first-order chi connectivity index (χ1) is 27.9. The van der Waals surface area contributed by atoms with Gasteiger partial charge in [-0.2, -0.15) is 0 Å². The Morgan fingerprint density at radius 3 is 1.05 bits per heavy atom. The first-order valence-electron chi connectivity index (χ1n) is 17.3. The van der Waals surface area contributed by atoms with Crippen LogP contribution in [0.15, 0.2) is 146 Å². The predicted molar refractivity (Wildman–Crippen MR) is 212 cm³/mol. The number of carbonyl (C=O) groups excluding carboxylic acids is 2. The number of carboxylic acid groups (broad SMARTS) is 4. The fourth-order valence-electron chi connectivity index (χ4n) is 5.92. The second-order valence-corrected chi connectivity index (χ2v) is 12.4. The van der Waals surface area contributed by atoms with Gasteiger partial charge in [-0.05, 0) is 71.8 Å². The number of hydrogen-bond acceptors (Lipinski definition) is 8. The maximum atomic E-state index is 12.9. The smallest absolute Gasteiger partial charge is 0.337 e. The zero-order chi connectivity index (χ0) is 41.3. The van der Waals surface area contributed by atoms with Crippen molar-refractivity contribution < 1.29 is 58.7 Å². The van der Waals surface area contributed by atoms with Crippen LogP contribution in [0, 0.1) is 0 Å². The van der Waals surface area contributed by atoms with Crippen molar-refractivity contribution in [3.63, 3.8) is 0 Å². The summed E-state index contributed by atoms with van der Waals surface area (Å²) < 4.78 is 12.2. The summed E-state index contributed by atoms with van der Waals surface area (Å²) in [6.45, 7) is 0. The molecule has 12 heteroatoms. The van der Waals surface area contributed by atoms with Gasteiger partial charge < -0.3 is 29.9 Å². The van der Waals surface area contributed by atoms with Gasteiger partial charge in [0.15, 0.2) is 11.6 Å². The van der Waals surface area contributed by atoms with Gasteiger partial charge in [0.2, 0.25) is 0 Å². The minimum absolute atomic E-state index is 0.0929. The molecule has 0 saturated carbocycles. The standard InChI is InChI=1S/C46H30O12/c47-35(29-7-3-1-4-8-29)23-15-27-11-17-31(18-12-27)57-37-25-21-33(43(49)50)39(45(53)54)41(37)42-38(26-22-34(44(51)52)40(42)46(55)56)58-32-19-13-28(14-20-32)16-24-36(48)30-9-5-2-6-10-30/h1-26H,(H,49,50)(H,51,52)(H,53,54)(H,55,56). The lowest BCUT2D eigenvalue weighted by molar-refractivity contribution is 0.0649. The molecule has 0 spiro atoms. The van der Waals surface area contributed by atoms with Crippen LogP contribution in [0.5, 0.6) is 23.0 Å². The van der Waals surface area contributed by atoms with E-state index < -0.39 is 57.3 Å². The average Bonchev–Trinajstić information content (AvgIpc) is 3.23. The summed E-state index contributed by atoms with van der Waals surface area (Å²) in [5, 5.41) is 41.0. The van der Waals surface area contributed by atoms with Gasteiger partial charge in [0.1, 0.15) is 23.0 Å². The van der Waals surface area contributed by atoms with Gasteiger partial charge in [-0.1, -0.05) is 97.1 Å². The molecule has 12 nitrogen and oxygen atoms in total. The number of rotatable bonds is 15. The molecule has 286 valence electrons. The quantitative estimate of drug-likeness (QED) is 0.0569. The van der Waals surface area contributed by atoms with Crippen LogP contribution in [-0.4, -0.2) is 55.9 Å². The third-order valence-electron chi connectivity index (χ3n) is 8.66. The molecule has 0 radical (unpaired) electrons. The highest BCUT2D eigenvalue weighted by atomic mass is 16.5. The van der Waals surface area contributed by atoms with Crippen LogP contribution in [0.3, 0.4) is 0 Å². The molecule has 0 aliphatic rings. The van der Waals surface area contributed by atoms with Gasteiger partial charge >= 0.3 is 23.9 Å². The second kappa shape index (κ2) is 17.4. The van der Waals surface area contributed by atoms with Gasteiger partial charge in [0.05, 0.1) is 22.3 Å². The Morgan fingerprint density at radius 2 is 0.741 bits per heavy atom. The molecule has 0 bridgehead atoms. The average molecular weight is 775 g/mol. The minimum atomic E-state index is -1.79. The molecule has 0 atom stereocenters. The van der Waals surface area contributed by atoms with Gasteiger partial charge in [-0.3, -0.25) is 9.59 Å². The highest BCUT2D eigenvalue weighted by molar-refractivity contribution is 6.14. The molecule has 0 fully saturated rings. The minimum Gasteiger partial charge on any atom is -0.478 e. The zero-order valence-corrected chi connectivity index (χ0v) is 30.1. The molecule has 6 aromatic carbocycles. The maximum Gasteiger partial charge on any atom is 0.337 e. The van der Waals surface area contributed by atoms with Crippen molar-refractivity contribution in [1.29, 1.82) is 0 Å². The van der Waals surface area contributed by atoms with Crippen molar-refractivity contribution in [3.05, 3.63) is 190 Å². The van der Waals surface area contributed by atoms with Crippen LogP contribution in [0.4, 0.5) is 0 Å². The fourth-order valence-corrected chi connectivity index (χ4v) is 5.92. The number of ketones is 2. The highest BCUT2D eigenvalue weighted by Gasteiger charge is 2.33. The Hall–Kier alpha value is -8.38. The Balaban J connectivity index is 1.43. The van der Waals surface area contributed by atoms with E-state index in [-0.39, 0.29) is 34.6 Å². The van der Waals surface area contributed by atoms with Crippen LogP contribution in [0.25, 0.3) is 23.3 Å². The third-order valence-corrected chi connectivity index (χ3v) is 8.66. The molecular formula is C46H30O12. The summed E-state index contributed by atoms with van der Waals surface area (Å²) in [6, 6.07) is 33.7. The number of ether oxygens (including phenoxy) is 2. The Morgan fingerprint density at radius 1 is 0.397 bits per heavy atom. The summed E-state index contributed by atoms with van der Waals surface area (Å²) in [6.07, 6.45) is 5.91. The van der Waals surface area contributed by atoms with E-state index >= 15 is 0 Å². The van der Waals surface area contributed by atoms with E-state index in [0.29, 0.717) is 22.3 Å². The first-order valence-corrected chi connectivity index (χ1v) is 17.3. The summed E-state index contributed by atoms with van der Waals surface area (Å²) >= 11 is 0. The van der Waals surface area contributed by atoms with Gasteiger partial charge in [-0.25, -0.2) is 19.2 Å². The van der Waals surface area contributed by atoms with E-state index in [0.717, 1.165) is 24.3 Å². The van der Waals surface area contributed by atoms with Crippen LogP contribution in [-0.2, 0) is 0 Å². The van der Waals surface area contributed by atoms with E-state index in [1.165, 1.54) is 36.4 Å². The number of allylic oxidation sites excluding steroid dienone is 2. The van der Waals surface area contributed by atoms with Crippen molar-refractivity contribution in [2.45, 2.75) is 0 Å². The Bertz CT molecular complexity index is 2440. The number of benzene rings is 6. The topological polar surface area (TPSA) is 202 Å². The molecule has 0 aromatic heterocycles. The van der Waals surface area contributed by atoms with Crippen molar-refractivity contribution >= 4 is 47.6 Å². The van der Waals surface area contributed by atoms with Gasteiger partial charge in [0, 0.05) is 22.3 Å². The normalized spacial score (nSPS) is 11.0. The molecule has 0 aliphatic heterocycles. The molecule has 4 N–H and O–H groups in total. The number of carbonyl (C=O) groups is 6. The van der Waals surface area contributed by atoms with E-state index in [2.05, 4.69) is 0 Å². The maximum absolute atomic E-state index is 12.9. The number of hydrogen-bond donors (Lipinski definition) is 4. The molecule has 58 heavy (non-hydrogen) atoms. The van der Waals surface area contributed by atoms with E-state index in [1.54, 1.807) is 97.1 Å². The molecule has 0 aliphatic carbocycles. The summed E-state index contributed by atoms with van der Waals surface area (Å²) in [5.41, 5.74) is -2.31. The predicted octanol–water partition coefficient (Wildman–Crippen LogP) is 9.52. The van der Waals surface area contributed by atoms with Crippen molar-refractivity contribution in [2.24, 2.45) is 0 Å². The summed E-state index contributed by atoms with van der Waals surface area (Å²) in [5.74, 6) is -7.88. The van der Waals surface area contributed by atoms with E-state index in [4.69, 9.17) is 9.47 Å². The Labute approximate surface area is 329 Å². The van der Waals surface area contributed by atoms with Crippen molar-refractivity contribution in [2.75, 3.05) is 0 Å². The number of carboxylic acids is 4. The second-order valence-electron chi connectivity index (χ2n) is 12.4.